The number of ether oxygens (including phenoxy) is 1. The Kier molecular flexibility index (Phi) is 5.21. The van der Waals surface area contributed by atoms with Gasteiger partial charge in [-0.2, -0.15) is 0 Å². The Morgan fingerprint density at radius 2 is 1.65 bits per heavy atom. The summed E-state index contributed by atoms with van der Waals surface area (Å²) in [5.41, 5.74) is 1.32. The molecule has 17 heavy (non-hydrogen) atoms. The van der Waals surface area contributed by atoms with E-state index in [0.29, 0.717) is 5.41 Å². The van der Waals surface area contributed by atoms with Crippen molar-refractivity contribution in [3.05, 3.63) is 35.9 Å². The van der Waals surface area contributed by atoms with Crippen LogP contribution in [0.4, 0.5) is 0 Å². The molecule has 0 bridgehead atoms. The summed E-state index contributed by atoms with van der Waals surface area (Å²) >= 11 is 3.56. The summed E-state index contributed by atoms with van der Waals surface area (Å²) in [4.78, 5) is 0. The highest BCUT2D eigenvalue weighted by atomic mass is 79.9. The van der Waals surface area contributed by atoms with Crippen molar-refractivity contribution in [1.29, 1.82) is 0 Å². The Hall–Kier alpha value is -0.340. The molecule has 1 unspecified atom stereocenters. The topological polar surface area (TPSA) is 9.23 Å². The molecule has 1 rings (SSSR count). The molecule has 1 atom stereocenters. The van der Waals surface area contributed by atoms with E-state index in [1.165, 1.54) is 5.56 Å². The van der Waals surface area contributed by atoms with Gasteiger partial charge in [-0.1, -0.05) is 67.0 Å². The highest BCUT2D eigenvalue weighted by Gasteiger charge is 2.26. The van der Waals surface area contributed by atoms with Crippen LogP contribution in [0.5, 0.6) is 0 Å². The van der Waals surface area contributed by atoms with E-state index in [-0.39, 0.29) is 5.60 Å². The van der Waals surface area contributed by atoms with E-state index in [1.54, 1.807) is 0 Å². The van der Waals surface area contributed by atoms with Crippen LogP contribution in [-0.2, 0) is 10.3 Å². The normalized spacial score (nSPS) is 15.6. The minimum atomic E-state index is -0.230. The minimum Gasteiger partial charge on any atom is -0.370 e. The van der Waals surface area contributed by atoms with Crippen LogP contribution in [0.1, 0.15) is 39.7 Å². The Bertz CT molecular complexity index is 329. The summed E-state index contributed by atoms with van der Waals surface area (Å²) in [6, 6.07) is 10.4. The number of halogens is 1. The molecule has 96 valence electrons. The van der Waals surface area contributed by atoms with E-state index in [2.05, 4.69) is 67.9 Å². The van der Waals surface area contributed by atoms with E-state index in [0.717, 1.165) is 18.4 Å². The maximum atomic E-state index is 6.09. The highest BCUT2D eigenvalue weighted by molar-refractivity contribution is 9.09. The largest absolute Gasteiger partial charge is 0.370 e. The fraction of sp³-hybridized carbons (Fsp3) is 0.600. The SMILES string of the molecule is CC(C)(C)CCOC(C)(CBr)c1ccccc1. The van der Waals surface area contributed by atoms with Crippen LogP contribution >= 0.6 is 15.9 Å². The van der Waals surface area contributed by atoms with Crippen molar-refractivity contribution in [2.45, 2.75) is 39.7 Å². The molecule has 2 heteroatoms. The number of hydrogen-bond donors (Lipinski definition) is 0. The second-order valence-corrected chi connectivity index (χ2v) is 6.45. The van der Waals surface area contributed by atoms with Crippen molar-refractivity contribution in [2.24, 2.45) is 5.41 Å². The average molecular weight is 299 g/mol. The van der Waals surface area contributed by atoms with E-state index < -0.39 is 0 Å². The molecule has 0 spiro atoms. The maximum Gasteiger partial charge on any atom is 0.0999 e. The minimum absolute atomic E-state index is 0.230. The quantitative estimate of drug-likeness (QED) is 0.713. The molecule has 0 aliphatic carbocycles. The van der Waals surface area contributed by atoms with E-state index >= 15 is 0 Å². The lowest BCUT2D eigenvalue weighted by molar-refractivity contribution is -0.0271. The molecule has 1 aromatic rings. The Labute approximate surface area is 114 Å². The molecule has 0 saturated heterocycles. The van der Waals surface area contributed by atoms with Gasteiger partial charge in [0.1, 0.15) is 0 Å². The standard InChI is InChI=1S/C15H23BrO/c1-14(2,3)10-11-17-15(4,12-16)13-8-6-5-7-9-13/h5-9H,10-12H2,1-4H3. The lowest BCUT2D eigenvalue weighted by Gasteiger charge is -2.30. The lowest BCUT2D eigenvalue weighted by Crippen LogP contribution is -2.29. The Balaban J connectivity index is 2.64. The van der Waals surface area contributed by atoms with Crippen molar-refractivity contribution in [2.75, 3.05) is 11.9 Å². The van der Waals surface area contributed by atoms with Crippen molar-refractivity contribution in [3.63, 3.8) is 0 Å². The summed E-state index contributed by atoms with van der Waals surface area (Å²) < 4.78 is 6.09. The first-order chi connectivity index (χ1) is 7.87. The number of alkyl halides is 1. The van der Waals surface area contributed by atoms with Gasteiger partial charge in [0.15, 0.2) is 0 Å². The number of rotatable bonds is 5. The van der Waals surface area contributed by atoms with Crippen molar-refractivity contribution < 1.29 is 4.74 Å². The van der Waals surface area contributed by atoms with Gasteiger partial charge in [-0.3, -0.25) is 0 Å². The molecule has 0 aliphatic heterocycles. The van der Waals surface area contributed by atoms with Crippen LogP contribution < -0.4 is 0 Å². The fourth-order valence-corrected chi connectivity index (χ4v) is 2.06. The molecule has 0 N–H and O–H groups in total. The number of hydrogen-bond acceptors (Lipinski definition) is 1. The second-order valence-electron chi connectivity index (χ2n) is 5.89. The summed E-state index contributed by atoms with van der Waals surface area (Å²) in [5.74, 6) is 0. The highest BCUT2D eigenvalue weighted by Crippen LogP contribution is 2.29. The third-order valence-corrected chi connectivity index (χ3v) is 3.98. The smallest absolute Gasteiger partial charge is 0.0999 e. The van der Waals surface area contributed by atoms with Crippen molar-refractivity contribution in [3.8, 4) is 0 Å². The van der Waals surface area contributed by atoms with Crippen LogP contribution in [-0.4, -0.2) is 11.9 Å². The van der Waals surface area contributed by atoms with Gasteiger partial charge >= 0.3 is 0 Å². The van der Waals surface area contributed by atoms with Crippen LogP contribution in [0, 0.1) is 5.41 Å². The van der Waals surface area contributed by atoms with Crippen molar-refractivity contribution >= 4 is 15.9 Å². The lowest BCUT2D eigenvalue weighted by atomic mass is 9.92. The van der Waals surface area contributed by atoms with Gasteiger partial charge in [-0.25, -0.2) is 0 Å². The monoisotopic (exact) mass is 298 g/mol. The molecule has 0 fully saturated rings. The first-order valence-electron chi connectivity index (χ1n) is 6.13. The molecule has 0 aromatic heterocycles. The van der Waals surface area contributed by atoms with Gasteiger partial charge in [0.25, 0.3) is 0 Å². The summed E-state index contributed by atoms with van der Waals surface area (Å²) in [5, 5.41) is 0.814. The second kappa shape index (κ2) is 6.01. The third kappa shape index (κ3) is 4.81. The van der Waals surface area contributed by atoms with Crippen LogP contribution in [0.3, 0.4) is 0 Å². The first kappa shape index (κ1) is 14.7. The molecule has 0 amide bonds. The third-order valence-electron chi connectivity index (χ3n) is 2.91. The predicted octanol–water partition coefficient (Wildman–Crippen LogP) is 4.75. The molecular weight excluding hydrogens is 276 g/mol. The molecule has 0 radical (unpaired) electrons. The van der Waals surface area contributed by atoms with Crippen LogP contribution in [0.25, 0.3) is 0 Å². The summed E-state index contributed by atoms with van der Waals surface area (Å²) in [6.45, 7) is 9.65. The number of benzene rings is 1. The first-order valence-corrected chi connectivity index (χ1v) is 7.25. The Morgan fingerprint density at radius 1 is 1.06 bits per heavy atom. The van der Waals surface area contributed by atoms with Gasteiger partial charge in [0.05, 0.1) is 5.60 Å². The van der Waals surface area contributed by atoms with E-state index in [4.69, 9.17) is 4.74 Å². The molecule has 0 saturated carbocycles. The Morgan fingerprint density at radius 3 is 2.12 bits per heavy atom. The van der Waals surface area contributed by atoms with Gasteiger partial charge in [0.2, 0.25) is 0 Å². The van der Waals surface area contributed by atoms with Crippen molar-refractivity contribution in [1.82, 2.24) is 0 Å². The molecule has 0 heterocycles. The zero-order valence-corrected chi connectivity index (χ0v) is 12.9. The summed E-state index contributed by atoms with van der Waals surface area (Å²) in [6.07, 6.45) is 1.07. The zero-order chi connectivity index (χ0) is 12.9. The fourth-order valence-electron chi connectivity index (χ4n) is 1.57. The maximum absolute atomic E-state index is 6.09. The van der Waals surface area contributed by atoms with Crippen LogP contribution in [0.2, 0.25) is 0 Å². The van der Waals surface area contributed by atoms with E-state index in [1.807, 2.05) is 6.07 Å². The molecule has 0 aliphatic rings. The summed E-state index contributed by atoms with van der Waals surface area (Å²) in [7, 11) is 0. The average Bonchev–Trinajstić information content (AvgIpc) is 2.28. The van der Waals surface area contributed by atoms with E-state index in [9.17, 15) is 0 Å². The van der Waals surface area contributed by atoms with Gasteiger partial charge in [-0.05, 0) is 24.3 Å². The molecule has 1 nitrogen and oxygen atoms in total. The predicted molar refractivity (Wildman–Crippen MR) is 77.6 cm³/mol. The molecule has 1 aromatic carbocycles. The molecular formula is C15H23BrO. The van der Waals surface area contributed by atoms with Crippen LogP contribution in [0.15, 0.2) is 30.3 Å². The van der Waals surface area contributed by atoms with Gasteiger partial charge < -0.3 is 4.74 Å². The zero-order valence-electron chi connectivity index (χ0n) is 11.3. The van der Waals surface area contributed by atoms with Gasteiger partial charge in [0, 0.05) is 11.9 Å². The van der Waals surface area contributed by atoms with Gasteiger partial charge in [-0.15, -0.1) is 0 Å².